The van der Waals surface area contributed by atoms with Crippen LogP contribution in [-0.4, -0.2) is 324 Å². The summed E-state index contributed by atoms with van der Waals surface area (Å²) in [6, 6.07) is 21.6. The van der Waals surface area contributed by atoms with Crippen LogP contribution in [0.25, 0.3) is 40.5 Å². The summed E-state index contributed by atoms with van der Waals surface area (Å²) in [5.41, 5.74) is 0.383. The van der Waals surface area contributed by atoms with Gasteiger partial charge in [0.25, 0.3) is 0 Å². The Morgan fingerprint density at radius 1 is 0.371 bits per heavy atom. The summed E-state index contributed by atoms with van der Waals surface area (Å²) in [7, 11) is 0. The lowest BCUT2D eigenvalue weighted by Gasteiger charge is -2.40. The lowest BCUT2D eigenvalue weighted by atomic mass is 9.99. The molecule has 0 saturated carbocycles. The van der Waals surface area contributed by atoms with Crippen LogP contribution in [-0.2, 0) is 66.6 Å². The van der Waals surface area contributed by atoms with E-state index >= 15 is 0 Å². The van der Waals surface area contributed by atoms with Crippen molar-refractivity contribution in [2.75, 3.05) is 33.0 Å². The number of rotatable bonds is 28. The topological polar surface area (TPSA) is 651 Å². The van der Waals surface area contributed by atoms with Crippen LogP contribution in [0.2, 0.25) is 0 Å². The highest BCUT2D eigenvalue weighted by molar-refractivity contribution is 5.91. The first-order valence-corrected chi connectivity index (χ1v) is 35.3. The molecular weight excluding hydrogens is 1560 g/mol. The molecule has 41 nitrogen and oxygen atoms in total. The second-order valence-electron chi connectivity index (χ2n) is 26.9. The van der Waals surface area contributed by atoms with Gasteiger partial charge in [0.15, 0.2) is 11.5 Å². The molecule has 0 amide bonds. The molecule has 116 heavy (non-hydrogen) atoms. The first-order valence-electron chi connectivity index (χ1n) is 35.3. The van der Waals surface area contributed by atoms with E-state index in [-0.39, 0.29) is 28.2 Å². The number of hydrogen-bond donors (Lipinski definition) is 21. The average Bonchev–Trinajstić information content (AvgIpc) is 0.762. The average molecular weight is 1640 g/mol. The van der Waals surface area contributed by atoms with Crippen LogP contribution in [0.4, 0.5) is 0 Å². The fourth-order valence-corrected chi connectivity index (χ4v) is 12.2. The monoisotopic (exact) mass is 1640 g/mol. The Hall–Kier alpha value is -10.6. The molecule has 0 radical (unpaired) electrons. The van der Waals surface area contributed by atoms with Crippen LogP contribution in [0.5, 0.6) is 51.7 Å². The second kappa shape index (κ2) is 38.0. The minimum absolute atomic E-state index is 0.0150. The predicted octanol–water partition coefficient (Wildman–Crippen LogP) is -4.08. The first kappa shape index (κ1) is 86.3. The predicted molar refractivity (Wildman–Crippen MR) is 379 cm³/mol. The highest BCUT2D eigenvalue weighted by Gasteiger charge is 2.51. The van der Waals surface area contributed by atoms with E-state index < -0.39 is 269 Å². The number of aliphatic carboxylic acids is 1. The van der Waals surface area contributed by atoms with Crippen molar-refractivity contribution in [3.8, 4) is 63.1 Å². The van der Waals surface area contributed by atoms with Crippen molar-refractivity contribution in [1.82, 2.24) is 0 Å². The highest BCUT2D eigenvalue weighted by Crippen LogP contribution is 2.48. The largest absolute Gasteiger partial charge is 0.508 e. The second-order valence-corrected chi connectivity index (χ2v) is 26.9. The molecule has 5 aliphatic rings. The number of carboxylic acids is 1. The number of fused-ring (bicyclic) bond motifs is 1. The van der Waals surface area contributed by atoms with Crippen LogP contribution in [0, 0.1) is 0 Å². The van der Waals surface area contributed by atoms with E-state index in [0.29, 0.717) is 16.7 Å². The molecule has 0 spiro atoms. The number of aliphatic hydroxyl groups excluding tert-OH is 16. The molecular formula is C75H81O41+. The zero-order chi connectivity index (χ0) is 83.7. The van der Waals surface area contributed by atoms with Gasteiger partial charge < -0.3 is 174 Å². The van der Waals surface area contributed by atoms with Crippen molar-refractivity contribution in [3.63, 3.8) is 0 Å². The Labute approximate surface area is 652 Å². The molecule has 6 heterocycles. The summed E-state index contributed by atoms with van der Waals surface area (Å²) < 4.78 is 84.6. The molecule has 6 aromatic rings. The summed E-state index contributed by atoms with van der Waals surface area (Å²) in [5.74, 6) is -11.2. The van der Waals surface area contributed by atoms with Gasteiger partial charge in [-0.1, -0.05) is 36.4 Å². The highest BCUT2D eigenvalue weighted by atomic mass is 16.7. The zero-order valence-electron chi connectivity index (χ0n) is 60.0. The summed E-state index contributed by atoms with van der Waals surface area (Å²) in [6.45, 7) is -3.98. The maximum absolute atomic E-state index is 13.3. The number of esters is 4. The van der Waals surface area contributed by atoms with Crippen molar-refractivity contribution < 1.29 is 202 Å². The summed E-state index contributed by atoms with van der Waals surface area (Å²) in [6.07, 6.45) is -41.7. The lowest BCUT2D eigenvalue weighted by molar-refractivity contribution is -0.279. The smallest absolute Gasteiger partial charge is 0.402 e. The fourth-order valence-electron chi connectivity index (χ4n) is 12.2. The number of carboxylic acid groups (broad SMARTS) is 1. The molecule has 41 heteroatoms. The Morgan fingerprint density at radius 3 is 1.08 bits per heavy atom. The minimum Gasteiger partial charge on any atom is -0.508 e. The third-order valence-electron chi connectivity index (χ3n) is 18.6. The van der Waals surface area contributed by atoms with Gasteiger partial charge in [-0.25, -0.2) is 18.8 Å². The maximum Gasteiger partial charge on any atom is 0.402 e. The van der Waals surface area contributed by atoms with Crippen LogP contribution in [0.1, 0.15) is 23.1 Å². The Bertz CT molecular complexity index is 4480. The zero-order valence-corrected chi connectivity index (χ0v) is 60.0. The van der Waals surface area contributed by atoms with Crippen LogP contribution >= 0.6 is 0 Å². The Kier molecular flexibility index (Phi) is 28.3. The summed E-state index contributed by atoms with van der Waals surface area (Å²) >= 11 is 0. The molecule has 25 atom stereocenters. The number of aromatic hydroxyl groups is 4. The number of aliphatic hydroxyl groups is 16. The third-order valence-corrected chi connectivity index (χ3v) is 18.6. The normalized spacial score (nSPS) is 31.5. The van der Waals surface area contributed by atoms with E-state index in [2.05, 4.69) is 0 Å². The van der Waals surface area contributed by atoms with Crippen molar-refractivity contribution in [3.05, 3.63) is 138 Å². The minimum atomic E-state index is -2.28. The van der Waals surface area contributed by atoms with Crippen LogP contribution in [0.15, 0.2) is 126 Å². The lowest BCUT2D eigenvalue weighted by Crippen LogP contribution is -2.60. The van der Waals surface area contributed by atoms with Gasteiger partial charge in [0, 0.05) is 42.5 Å². The number of hydrogen-bond acceptors (Lipinski definition) is 39. The van der Waals surface area contributed by atoms with Crippen molar-refractivity contribution in [2.45, 2.75) is 160 Å². The van der Waals surface area contributed by atoms with Gasteiger partial charge in [-0.3, -0.25) is 9.59 Å². The van der Waals surface area contributed by atoms with E-state index in [4.69, 9.17) is 75.8 Å². The molecule has 11 rings (SSSR count). The van der Waals surface area contributed by atoms with Gasteiger partial charge in [-0.15, -0.1) is 0 Å². The number of carbonyl (C=O) groups is 5. The molecule has 0 unspecified atom stereocenters. The molecule has 5 aromatic carbocycles. The number of phenols is 4. The molecule has 1 aromatic heterocycles. The van der Waals surface area contributed by atoms with E-state index in [0.717, 1.165) is 48.6 Å². The summed E-state index contributed by atoms with van der Waals surface area (Å²) in [4.78, 5) is 62.3. The van der Waals surface area contributed by atoms with Crippen molar-refractivity contribution in [2.24, 2.45) is 0 Å². The quantitative estimate of drug-likeness (QED) is 0.00730. The number of benzene rings is 5. The number of phenolic OH excluding ortho intramolecular Hbond substituents is 4. The molecule has 0 aliphatic carbocycles. The van der Waals surface area contributed by atoms with E-state index in [9.17, 15) is 126 Å². The van der Waals surface area contributed by atoms with Crippen LogP contribution in [0.3, 0.4) is 0 Å². The number of ether oxygens (including phenoxy) is 14. The fraction of sp³-hybridized carbons (Fsp3) is 0.413. The standard InChI is InChI=1S/C75H80O41/c76-25-44-55(87)60(92)65(97)71(112-44)106-36-12-3-31(4-13-36)8-17-51(83)102-26-45-56(88)61(93)66(98)72(113-45)107-37-14-5-32(6-15-37)9-18-52(84)104-28-47-58(90)63(95)68(100)74(115-47)110-42-20-33(19-41(54(42)86)109-73-67(99)62(94)57(89)46(114-73)27-103-50(82)16-7-30-1-10-34(77)11-2-30)70-43(23-38-39(79)21-35(78)22-40(38)108-70)111-75-69(101)64(96)59(91)48(116-75)29-105-53(85)24-49(80)81/h1-23,44-48,55-69,71-76,87-101H,24-29H2,(H4-,77,78,79,80,81,82,86)/p+1/b17-8+,18-9+/t44-,45-,46-,47-,48-,55-,56-,57-,58-,59-,60+,61+,62+,63+,64+,65-,66-,67-,68-,69-,71-,72-,73-,74-,75-/m1/s1. The van der Waals surface area contributed by atoms with Gasteiger partial charge in [-0.2, -0.15) is 0 Å². The molecule has 5 aliphatic heterocycles. The van der Waals surface area contributed by atoms with E-state index in [1.54, 1.807) is 0 Å². The van der Waals surface area contributed by atoms with Gasteiger partial charge in [-0.05, 0) is 71.3 Å². The molecule has 5 fully saturated rings. The molecule has 21 N–H and O–H groups in total. The van der Waals surface area contributed by atoms with E-state index in [1.807, 2.05) is 0 Å². The summed E-state index contributed by atoms with van der Waals surface area (Å²) in [5, 5.41) is 225. The molecule has 626 valence electrons. The van der Waals surface area contributed by atoms with Crippen molar-refractivity contribution in [1.29, 1.82) is 0 Å². The third kappa shape index (κ3) is 20.8. The first-order chi connectivity index (χ1) is 55.2. The maximum atomic E-state index is 13.3. The number of carbonyl (C=O) groups excluding carboxylic acids is 4. The van der Waals surface area contributed by atoms with E-state index in [1.165, 1.54) is 91.0 Å². The van der Waals surface area contributed by atoms with Gasteiger partial charge in [0.1, 0.15) is 189 Å². The van der Waals surface area contributed by atoms with Gasteiger partial charge >= 0.3 is 41.2 Å². The SMILES string of the molecule is O=C(O)CC(=O)OC[C@H]1O[C@@H](Oc2cc3c(O)cc(O)cc3[o+]c2-c2cc(O[C@@H]3O[C@H](COC(=O)C=Cc4ccc(O)cc4)[C@@H](O)[C@H](O)[C@H]3O)c(O)c(O[C@@H]3O[C@H](COC(=O)/C=C/c4ccc(O[C@@H]5O[C@H](COC(=O)/C=C/c6ccc(O[C@@H]7O[C@H](CO)[C@@H](O)[C@H](O)[C@H]7O)cc6)[C@@H](O)[C@H](O)[C@H]5O)cc4)[C@@H](O)[C@H](O)[C@H]3O)c2)[C@H](O)[C@@H](O)[C@@H]1O. The Morgan fingerprint density at radius 2 is 0.707 bits per heavy atom. The van der Waals surface area contributed by atoms with Crippen LogP contribution < -0.4 is 23.7 Å². The molecule has 0 bridgehead atoms. The van der Waals surface area contributed by atoms with Crippen molar-refractivity contribution >= 4 is 59.0 Å². The molecule has 5 saturated heterocycles. The Balaban J connectivity index is 0.772. The van der Waals surface area contributed by atoms with Gasteiger partial charge in [0.05, 0.1) is 18.2 Å². The van der Waals surface area contributed by atoms with Gasteiger partial charge in [0.2, 0.25) is 42.9 Å².